The Morgan fingerprint density at radius 3 is 1.57 bits per heavy atom. The van der Waals surface area contributed by atoms with Gasteiger partial charge in [0.25, 0.3) is 0 Å². The molecule has 0 unspecified atom stereocenters. The predicted molar refractivity (Wildman–Crippen MR) is 101 cm³/mol. The van der Waals surface area contributed by atoms with Crippen molar-refractivity contribution in [1.82, 2.24) is 0 Å². The van der Waals surface area contributed by atoms with E-state index in [0.29, 0.717) is 20.2 Å². The molecule has 21 heavy (non-hydrogen) atoms. The molecule has 0 aliphatic heterocycles. The van der Waals surface area contributed by atoms with E-state index < -0.39 is 0 Å². The lowest BCUT2D eigenvalue weighted by Gasteiger charge is -2.19. The van der Waals surface area contributed by atoms with Crippen LogP contribution in [0.1, 0.15) is 44.9 Å². The van der Waals surface area contributed by atoms with Gasteiger partial charge in [0.05, 0.1) is 30.0 Å². The first-order valence-electron chi connectivity index (χ1n) is 6.87. The SMILES string of the molecule is Clc1c(Cl)c(Cl)c(SSC2CCCCCCC2)c(Cl)c1Cl. The van der Waals surface area contributed by atoms with Crippen molar-refractivity contribution in [3.05, 3.63) is 25.1 Å². The molecular formula is C14H15Cl5S2. The van der Waals surface area contributed by atoms with Crippen LogP contribution >= 0.6 is 79.6 Å². The van der Waals surface area contributed by atoms with Gasteiger partial charge in [0.15, 0.2) is 0 Å². The second-order valence-electron chi connectivity index (χ2n) is 5.05. The van der Waals surface area contributed by atoms with Crippen molar-refractivity contribution < 1.29 is 0 Å². The van der Waals surface area contributed by atoms with Gasteiger partial charge in [-0.05, 0) is 12.8 Å². The van der Waals surface area contributed by atoms with E-state index in [-0.39, 0.29) is 15.1 Å². The minimum Gasteiger partial charge on any atom is -0.0854 e. The Morgan fingerprint density at radius 1 is 0.619 bits per heavy atom. The topological polar surface area (TPSA) is 0 Å². The molecule has 2 rings (SSSR count). The maximum atomic E-state index is 6.26. The van der Waals surface area contributed by atoms with Crippen LogP contribution in [-0.4, -0.2) is 5.25 Å². The van der Waals surface area contributed by atoms with Crippen LogP contribution in [-0.2, 0) is 0 Å². The molecule has 0 amide bonds. The van der Waals surface area contributed by atoms with E-state index in [0.717, 1.165) is 0 Å². The molecule has 1 saturated carbocycles. The van der Waals surface area contributed by atoms with Crippen molar-refractivity contribution in [2.75, 3.05) is 0 Å². The summed E-state index contributed by atoms with van der Waals surface area (Å²) in [7, 11) is 3.37. The zero-order valence-electron chi connectivity index (χ0n) is 11.2. The number of hydrogen-bond donors (Lipinski definition) is 0. The summed E-state index contributed by atoms with van der Waals surface area (Å²) in [6.45, 7) is 0. The highest BCUT2D eigenvalue weighted by Crippen LogP contribution is 2.52. The van der Waals surface area contributed by atoms with Crippen molar-refractivity contribution in [1.29, 1.82) is 0 Å². The molecule has 118 valence electrons. The van der Waals surface area contributed by atoms with Crippen LogP contribution in [0, 0.1) is 0 Å². The van der Waals surface area contributed by atoms with Gasteiger partial charge in [0.1, 0.15) is 0 Å². The second-order valence-corrected chi connectivity index (χ2v) is 9.45. The first-order chi connectivity index (χ1) is 10.0. The highest BCUT2D eigenvalue weighted by molar-refractivity contribution is 8.77. The molecule has 0 atom stereocenters. The molecule has 1 fully saturated rings. The van der Waals surface area contributed by atoms with Gasteiger partial charge in [-0.1, -0.05) is 112 Å². The van der Waals surface area contributed by atoms with Crippen LogP contribution in [0.2, 0.25) is 25.1 Å². The van der Waals surface area contributed by atoms with Crippen LogP contribution < -0.4 is 0 Å². The van der Waals surface area contributed by atoms with E-state index in [1.807, 2.05) is 10.8 Å². The Morgan fingerprint density at radius 2 is 1.05 bits per heavy atom. The van der Waals surface area contributed by atoms with Gasteiger partial charge in [-0.2, -0.15) is 0 Å². The van der Waals surface area contributed by atoms with Crippen LogP contribution in [0.15, 0.2) is 4.90 Å². The zero-order valence-corrected chi connectivity index (χ0v) is 16.6. The molecular weight excluding hydrogens is 410 g/mol. The van der Waals surface area contributed by atoms with E-state index in [1.165, 1.54) is 44.9 Å². The molecule has 0 aromatic heterocycles. The lowest BCUT2D eigenvalue weighted by atomic mass is 10.0. The summed E-state index contributed by atoms with van der Waals surface area (Å²) in [5.41, 5.74) is 0. The van der Waals surface area contributed by atoms with Gasteiger partial charge >= 0.3 is 0 Å². The summed E-state index contributed by atoms with van der Waals surface area (Å²) in [5, 5.41) is 2.16. The minimum atomic E-state index is 0.216. The Hall–Kier alpha value is 1.37. The van der Waals surface area contributed by atoms with Gasteiger partial charge in [-0.15, -0.1) is 0 Å². The van der Waals surface area contributed by atoms with Gasteiger partial charge in [0.2, 0.25) is 0 Å². The summed E-state index contributed by atoms with van der Waals surface area (Å²) < 4.78 is 0. The highest BCUT2D eigenvalue weighted by atomic mass is 35.5. The molecule has 0 spiro atoms. The van der Waals surface area contributed by atoms with Crippen molar-refractivity contribution in [2.45, 2.75) is 55.1 Å². The zero-order chi connectivity index (χ0) is 15.4. The van der Waals surface area contributed by atoms with Crippen LogP contribution in [0.25, 0.3) is 0 Å². The second kappa shape index (κ2) is 9.01. The number of halogens is 5. The minimum absolute atomic E-state index is 0.216. The van der Waals surface area contributed by atoms with E-state index in [4.69, 9.17) is 58.0 Å². The highest BCUT2D eigenvalue weighted by Gasteiger charge is 2.21. The third-order valence-electron chi connectivity index (χ3n) is 3.49. The molecule has 0 heterocycles. The quantitative estimate of drug-likeness (QED) is 0.270. The van der Waals surface area contributed by atoms with Crippen molar-refractivity contribution in [2.24, 2.45) is 0 Å². The van der Waals surface area contributed by atoms with Crippen LogP contribution in [0.5, 0.6) is 0 Å². The lowest BCUT2D eigenvalue weighted by molar-refractivity contribution is 0.514. The van der Waals surface area contributed by atoms with Gasteiger partial charge in [0, 0.05) is 5.25 Å². The average molecular weight is 425 g/mol. The van der Waals surface area contributed by atoms with Gasteiger partial charge in [-0.3, -0.25) is 0 Å². The lowest BCUT2D eigenvalue weighted by Crippen LogP contribution is -2.04. The van der Waals surface area contributed by atoms with E-state index >= 15 is 0 Å². The normalized spacial score (nSPS) is 17.6. The Bertz CT molecular complexity index is 470. The molecule has 0 nitrogen and oxygen atoms in total. The Kier molecular flexibility index (Phi) is 8.03. The molecule has 0 radical (unpaired) electrons. The van der Waals surface area contributed by atoms with Crippen LogP contribution in [0.4, 0.5) is 0 Å². The smallest absolute Gasteiger partial charge is 0.0809 e. The summed E-state index contributed by atoms with van der Waals surface area (Å²) in [6.07, 6.45) is 9.10. The van der Waals surface area contributed by atoms with Crippen molar-refractivity contribution >= 4 is 79.6 Å². The Labute approximate surface area is 159 Å². The summed E-state index contributed by atoms with van der Waals surface area (Å²) in [6, 6.07) is 0. The van der Waals surface area contributed by atoms with E-state index in [9.17, 15) is 0 Å². The third kappa shape index (κ3) is 4.92. The number of rotatable bonds is 3. The largest absolute Gasteiger partial charge is 0.0854 e. The molecule has 1 aromatic carbocycles. The van der Waals surface area contributed by atoms with Crippen molar-refractivity contribution in [3.63, 3.8) is 0 Å². The first kappa shape index (κ1) is 18.7. The van der Waals surface area contributed by atoms with E-state index in [1.54, 1.807) is 10.8 Å². The van der Waals surface area contributed by atoms with Gasteiger partial charge in [-0.25, -0.2) is 0 Å². The molecule has 0 saturated heterocycles. The van der Waals surface area contributed by atoms with E-state index in [2.05, 4.69) is 0 Å². The fourth-order valence-corrected chi connectivity index (χ4v) is 6.93. The summed E-state index contributed by atoms with van der Waals surface area (Å²) in [4.78, 5) is 0.713. The maximum absolute atomic E-state index is 6.26. The molecule has 1 aliphatic rings. The number of hydrogen-bond acceptors (Lipinski definition) is 2. The molecule has 7 heteroatoms. The van der Waals surface area contributed by atoms with Crippen molar-refractivity contribution in [3.8, 4) is 0 Å². The predicted octanol–water partition coefficient (Wildman–Crippen LogP) is 8.81. The summed E-state index contributed by atoms with van der Waals surface area (Å²) in [5.74, 6) is 0. The maximum Gasteiger partial charge on any atom is 0.0809 e. The summed E-state index contributed by atoms with van der Waals surface area (Å²) >= 11 is 30.7. The molecule has 0 bridgehead atoms. The average Bonchev–Trinajstić information content (AvgIpc) is 2.44. The first-order valence-corrected chi connectivity index (χ1v) is 11.0. The standard InChI is InChI=1S/C14H15Cl5S2/c15-9-10(16)12(18)14(13(19)11(9)17)21-20-8-6-4-2-1-3-5-7-8/h8H,1-7H2. The van der Waals surface area contributed by atoms with Crippen LogP contribution in [0.3, 0.4) is 0 Å². The molecule has 1 aromatic rings. The fourth-order valence-electron chi connectivity index (χ4n) is 2.29. The van der Waals surface area contributed by atoms with Gasteiger partial charge < -0.3 is 0 Å². The molecule has 1 aliphatic carbocycles. The Balaban J connectivity index is 2.09. The fraction of sp³-hybridized carbons (Fsp3) is 0.571. The third-order valence-corrected chi connectivity index (χ3v) is 9.01. The number of benzene rings is 1. The monoisotopic (exact) mass is 422 g/mol. The molecule has 0 N–H and O–H groups in total.